The van der Waals surface area contributed by atoms with Crippen LogP contribution in [-0.4, -0.2) is 22.9 Å². The van der Waals surface area contributed by atoms with Crippen LogP contribution in [0.1, 0.15) is 18.4 Å². The first-order valence-electron chi connectivity index (χ1n) is 5.21. The second-order valence-electron chi connectivity index (χ2n) is 4.19. The standard InChI is InChI=1S/C11H13FN2O2/c1-13(9-3-4-9)7-8-2-5-11(14(15)16)10(12)6-8/h2,5-6,9H,3-4,7H2,1H3. The first-order valence-corrected chi connectivity index (χ1v) is 5.21. The van der Waals surface area contributed by atoms with Gasteiger partial charge in [-0.05, 0) is 31.5 Å². The normalized spacial score (nSPS) is 15.4. The summed E-state index contributed by atoms with van der Waals surface area (Å²) in [5, 5.41) is 10.4. The third-order valence-electron chi connectivity index (χ3n) is 2.81. The van der Waals surface area contributed by atoms with E-state index in [1.54, 1.807) is 6.07 Å². The average Bonchev–Trinajstić information content (AvgIpc) is 2.99. The van der Waals surface area contributed by atoms with E-state index in [1.165, 1.54) is 25.0 Å². The van der Waals surface area contributed by atoms with Crippen LogP contribution in [-0.2, 0) is 6.54 Å². The summed E-state index contributed by atoms with van der Waals surface area (Å²) in [6, 6.07) is 4.68. The Kier molecular flexibility index (Phi) is 2.87. The fourth-order valence-corrected chi connectivity index (χ4v) is 1.73. The molecule has 0 unspecified atom stereocenters. The topological polar surface area (TPSA) is 46.4 Å². The third kappa shape index (κ3) is 2.36. The SMILES string of the molecule is CN(Cc1ccc([N+](=O)[O-])c(F)c1)C1CC1. The highest BCUT2D eigenvalue weighted by Gasteiger charge is 2.26. The monoisotopic (exact) mass is 224 g/mol. The largest absolute Gasteiger partial charge is 0.304 e. The van der Waals surface area contributed by atoms with Crippen LogP contribution in [0.25, 0.3) is 0 Å². The predicted molar refractivity (Wildman–Crippen MR) is 57.5 cm³/mol. The van der Waals surface area contributed by atoms with E-state index < -0.39 is 16.4 Å². The molecule has 0 radical (unpaired) electrons. The Hall–Kier alpha value is -1.49. The minimum Gasteiger partial charge on any atom is -0.299 e. The lowest BCUT2D eigenvalue weighted by Crippen LogP contribution is -2.19. The van der Waals surface area contributed by atoms with Crippen LogP contribution in [0, 0.1) is 15.9 Å². The molecular weight excluding hydrogens is 211 g/mol. The average molecular weight is 224 g/mol. The van der Waals surface area contributed by atoms with Gasteiger partial charge in [0.2, 0.25) is 5.82 Å². The maximum Gasteiger partial charge on any atom is 0.304 e. The van der Waals surface area contributed by atoms with Crippen LogP contribution >= 0.6 is 0 Å². The summed E-state index contributed by atoms with van der Waals surface area (Å²) in [6.07, 6.45) is 2.37. The molecule has 1 aromatic rings. The molecule has 1 fully saturated rings. The molecule has 4 nitrogen and oxygen atoms in total. The summed E-state index contributed by atoms with van der Waals surface area (Å²) in [4.78, 5) is 11.9. The van der Waals surface area contributed by atoms with Crippen molar-refractivity contribution in [1.82, 2.24) is 4.90 Å². The van der Waals surface area contributed by atoms with E-state index in [2.05, 4.69) is 4.90 Å². The first-order chi connectivity index (χ1) is 7.58. The molecule has 2 rings (SSSR count). The van der Waals surface area contributed by atoms with Crippen LogP contribution in [0.5, 0.6) is 0 Å². The summed E-state index contributed by atoms with van der Waals surface area (Å²) in [6.45, 7) is 0.638. The summed E-state index contributed by atoms with van der Waals surface area (Å²) in [5.74, 6) is -0.758. The zero-order valence-corrected chi connectivity index (χ0v) is 9.02. The van der Waals surface area contributed by atoms with Crippen molar-refractivity contribution in [3.63, 3.8) is 0 Å². The van der Waals surface area contributed by atoms with Gasteiger partial charge < -0.3 is 0 Å². The van der Waals surface area contributed by atoms with Gasteiger partial charge in [-0.25, -0.2) is 0 Å². The maximum atomic E-state index is 13.3. The van der Waals surface area contributed by atoms with Gasteiger partial charge >= 0.3 is 5.69 Å². The Morgan fingerprint density at radius 2 is 2.25 bits per heavy atom. The van der Waals surface area contributed by atoms with Gasteiger partial charge in [0, 0.05) is 18.7 Å². The van der Waals surface area contributed by atoms with E-state index in [1.807, 2.05) is 7.05 Å². The number of nitrogens with zero attached hydrogens (tertiary/aromatic N) is 2. The lowest BCUT2D eigenvalue weighted by molar-refractivity contribution is -0.387. The van der Waals surface area contributed by atoms with Gasteiger partial charge in [0.1, 0.15) is 0 Å². The van der Waals surface area contributed by atoms with Gasteiger partial charge in [-0.15, -0.1) is 0 Å². The van der Waals surface area contributed by atoms with Gasteiger partial charge in [0.25, 0.3) is 0 Å². The molecule has 1 aliphatic carbocycles. The number of nitro benzene ring substituents is 1. The number of hydrogen-bond acceptors (Lipinski definition) is 3. The second-order valence-corrected chi connectivity index (χ2v) is 4.19. The second kappa shape index (κ2) is 4.17. The van der Waals surface area contributed by atoms with Crippen molar-refractivity contribution < 1.29 is 9.31 Å². The third-order valence-corrected chi connectivity index (χ3v) is 2.81. The van der Waals surface area contributed by atoms with Crippen molar-refractivity contribution in [3.05, 3.63) is 39.7 Å². The van der Waals surface area contributed by atoms with Crippen LogP contribution in [0.4, 0.5) is 10.1 Å². The van der Waals surface area contributed by atoms with Gasteiger partial charge in [0.15, 0.2) is 0 Å². The number of rotatable bonds is 4. The Balaban J connectivity index is 2.10. The number of halogens is 1. The van der Waals surface area contributed by atoms with Gasteiger partial charge in [-0.2, -0.15) is 4.39 Å². The minimum atomic E-state index is -0.758. The maximum absolute atomic E-state index is 13.3. The number of benzene rings is 1. The number of nitro groups is 1. The Labute approximate surface area is 92.8 Å². The molecule has 0 aliphatic heterocycles. The van der Waals surface area contributed by atoms with Crippen molar-refractivity contribution in [2.75, 3.05) is 7.05 Å². The molecule has 0 N–H and O–H groups in total. The lowest BCUT2D eigenvalue weighted by Gasteiger charge is -2.15. The highest BCUT2D eigenvalue weighted by molar-refractivity contribution is 5.35. The highest BCUT2D eigenvalue weighted by atomic mass is 19.1. The van der Waals surface area contributed by atoms with Crippen LogP contribution in [0.3, 0.4) is 0 Å². The van der Waals surface area contributed by atoms with Crippen molar-refractivity contribution in [2.45, 2.75) is 25.4 Å². The van der Waals surface area contributed by atoms with E-state index in [4.69, 9.17) is 0 Å². The van der Waals surface area contributed by atoms with Crippen molar-refractivity contribution in [3.8, 4) is 0 Å². The van der Waals surface area contributed by atoms with Crippen molar-refractivity contribution in [2.24, 2.45) is 0 Å². The Morgan fingerprint density at radius 3 is 2.75 bits per heavy atom. The molecule has 1 aromatic carbocycles. The van der Waals surface area contributed by atoms with E-state index >= 15 is 0 Å². The van der Waals surface area contributed by atoms with Gasteiger partial charge in [-0.1, -0.05) is 6.07 Å². The molecular formula is C11H13FN2O2. The van der Waals surface area contributed by atoms with Gasteiger partial charge in [-0.3, -0.25) is 15.0 Å². The molecule has 1 saturated carbocycles. The first kappa shape index (κ1) is 11.0. The minimum absolute atomic E-state index is 0.460. The molecule has 0 amide bonds. The molecule has 1 aliphatic rings. The molecule has 0 atom stereocenters. The molecule has 0 heterocycles. The summed E-state index contributed by atoms with van der Waals surface area (Å²) >= 11 is 0. The summed E-state index contributed by atoms with van der Waals surface area (Å²) < 4.78 is 13.3. The van der Waals surface area contributed by atoms with E-state index in [0.29, 0.717) is 12.6 Å². The van der Waals surface area contributed by atoms with Gasteiger partial charge in [0.05, 0.1) is 4.92 Å². The summed E-state index contributed by atoms with van der Waals surface area (Å²) in [7, 11) is 1.98. The molecule has 5 heteroatoms. The van der Waals surface area contributed by atoms with Crippen molar-refractivity contribution in [1.29, 1.82) is 0 Å². The van der Waals surface area contributed by atoms with E-state index in [-0.39, 0.29) is 0 Å². The highest BCUT2D eigenvalue weighted by Crippen LogP contribution is 2.27. The molecule has 0 spiro atoms. The lowest BCUT2D eigenvalue weighted by atomic mass is 10.2. The molecule has 0 saturated heterocycles. The summed E-state index contributed by atoms with van der Waals surface area (Å²) in [5.41, 5.74) is 0.315. The van der Waals surface area contributed by atoms with Crippen molar-refractivity contribution >= 4 is 5.69 Å². The predicted octanol–water partition coefficient (Wildman–Crippen LogP) is 2.33. The van der Waals surface area contributed by atoms with E-state index in [0.717, 1.165) is 5.56 Å². The fourth-order valence-electron chi connectivity index (χ4n) is 1.73. The van der Waals surface area contributed by atoms with Crippen LogP contribution in [0.2, 0.25) is 0 Å². The zero-order chi connectivity index (χ0) is 11.7. The molecule has 0 bridgehead atoms. The Bertz CT molecular complexity index is 418. The number of hydrogen-bond donors (Lipinski definition) is 0. The van der Waals surface area contributed by atoms with Crippen LogP contribution in [0.15, 0.2) is 18.2 Å². The molecule has 16 heavy (non-hydrogen) atoms. The molecule has 0 aromatic heterocycles. The molecule has 86 valence electrons. The smallest absolute Gasteiger partial charge is 0.299 e. The Morgan fingerprint density at radius 1 is 1.56 bits per heavy atom. The van der Waals surface area contributed by atoms with Crippen LogP contribution < -0.4 is 0 Å². The fraction of sp³-hybridized carbons (Fsp3) is 0.455. The van der Waals surface area contributed by atoms with E-state index in [9.17, 15) is 14.5 Å². The quantitative estimate of drug-likeness (QED) is 0.582. The zero-order valence-electron chi connectivity index (χ0n) is 9.02.